The van der Waals surface area contributed by atoms with E-state index < -0.39 is 5.91 Å². The first-order chi connectivity index (χ1) is 15.4. The molecule has 4 rings (SSSR count). The molecule has 9 heteroatoms. The molecule has 0 spiro atoms. The number of aromatic nitrogens is 4. The van der Waals surface area contributed by atoms with Crippen molar-refractivity contribution in [2.45, 2.75) is 52.5 Å². The van der Waals surface area contributed by atoms with Gasteiger partial charge < -0.3 is 11.1 Å². The fourth-order valence-electron chi connectivity index (χ4n) is 3.69. The first-order valence-corrected chi connectivity index (χ1v) is 10.8. The largest absolute Gasteiger partial charge is 0.347 e. The molecule has 2 aromatic heterocycles. The zero-order valence-electron chi connectivity index (χ0n) is 18.5. The minimum atomic E-state index is -0.454. The summed E-state index contributed by atoms with van der Waals surface area (Å²) in [5.74, 6) is 0.0328. The lowest BCUT2D eigenvalue weighted by Gasteiger charge is -2.18. The van der Waals surface area contributed by atoms with Crippen LogP contribution >= 0.6 is 0 Å². The third-order valence-electron chi connectivity index (χ3n) is 5.58. The number of nitrogens with zero attached hydrogens (tertiary/aromatic N) is 4. The van der Waals surface area contributed by atoms with Gasteiger partial charge in [-0.2, -0.15) is 14.6 Å². The summed E-state index contributed by atoms with van der Waals surface area (Å²) in [5.41, 5.74) is 7.06. The van der Waals surface area contributed by atoms with Crippen molar-refractivity contribution in [1.29, 1.82) is 0 Å². The summed E-state index contributed by atoms with van der Waals surface area (Å²) < 4.78 is 14.5. The Morgan fingerprint density at radius 1 is 1.22 bits per heavy atom. The maximum atomic E-state index is 13.3. The molecule has 0 atom stereocenters. The van der Waals surface area contributed by atoms with Crippen molar-refractivity contribution in [3.05, 3.63) is 58.9 Å². The van der Waals surface area contributed by atoms with Crippen LogP contribution < -0.4 is 11.1 Å². The number of nitrogens with one attached hydrogen (secondary N) is 1. The molecular weight excluding hydrogens is 411 g/mol. The van der Waals surface area contributed by atoms with Crippen LogP contribution in [-0.4, -0.2) is 37.8 Å². The normalized spacial score (nSPS) is 14.0. The summed E-state index contributed by atoms with van der Waals surface area (Å²) >= 11 is 0. The van der Waals surface area contributed by atoms with Crippen molar-refractivity contribution in [2.24, 2.45) is 11.7 Å². The van der Waals surface area contributed by atoms with Crippen molar-refractivity contribution in [2.75, 3.05) is 6.54 Å². The van der Waals surface area contributed by atoms with Gasteiger partial charge in [0.05, 0.1) is 0 Å². The van der Waals surface area contributed by atoms with Crippen LogP contribution in [0.15, 0.2) is 30.6 Å². The van der Waals surface area contributed by atoms with Crippen LogP contribution in [0.25, 0.3) is 5.78 Å². The number of amides is 1. The van der Waals surface area contributed by atoms with Crippen LogP contribution in [-0.2, 0) is 6.54 Å². The van der Waals surface area contributed by atoms with E-state index in [1.165, 1.54) is 62.0 Å². The standard InChI is InChI=1S/C16H14FN5O2.C7H15N/c1-9-5-11(3-4-12(9)17)7-18-15(24)13-6-14(10(2)23)22-16(21-13)19-8-20-22;8-6-7-4-2-1-3-5-7/h3-6,8H,7H2,1-2H3,(H,18,24);7H,1-6,8H2. The van der Waals surface area contributed by atoms with Crippen molar-refractivity contribution in [3.63, 3.8) is 0 Å². The predicted octanol–water partition coefficient (Wildman–Crippen LogP) is 3.23. The molecule has 1 aliphatic carbocycles. The van der Waals surface area contributed by atoms with E-state index in [1.807, 2.05) is 0 Å². The van der Waals surface area contributed by atoms with Gasteiger partial charge in [-0.05, 0) is 55.5 Å². The van der Waals surface area contributed by atoms with E-state index in [9.17, 15) is 14.0 Å². The molecule has 1 aliphatic rings. The lowest BCUT2D eigenvalue weighted by atomic mass is 9.90. The Morgan fingerprint density at radius 2 is 1.97 bits per heavy atom. The Labute approximate surface area is 186 Å². The second kappa shape index (κ2) is 10.9. The Balaban J connectivity index is 0.000000305. The Bertz CT molecular complexity index is 1090. The van der Waals surface area contributed by atoms with Crippen molar-refractivity contribution in [1.82, 2.24) is 24.9 Å². The smallest absolute Gasteiger partial charge is 0.270 e. The molecule has 1 fully saturated rings. The number of carbonyl (C=O) groups is 2. The van der Waals surface area contributed by atoms with Crippen molar-refractivity contribution < 1.29 is 14.0 Å². The van der Waals surface area contributed by atoms with Crippen molar-refractivity contribution >= 4 is 17.5 Å². The van der Waals surface area contributed by atoms with E-state index in [-0.39, 0.29) is 35.3 Å². The van der Waals surface area contributed by atoms with Gasteiger partial charge in [0, 0.05) is 13.5 Å². The average Bonchev–Trinajstić information content (AvgIpc) is 3.28. The number of hydrogen-bond acceptors (Lipinski definition) is 6. The van der Waals surface area contributed by atoms with Gasteiger partial charge in [-0.15, -0.1) is 0 Å². The van der Waals surface area contributed by atoms with E-state index in [2.05, 4.69) is 20.4 Å². The zero-order chi connectivity index (χ0) is 23.1. The van der Waals surface area contributed by atoms with Gasteiger partial charge in [-0.1, -0.05) is 31.4 Å². The number of fused-ring (bicyclic) bond motifs is 1. The summed E-state index contributed by atoms with van der Waals surface area (Å²) in [4.78, 5) is 32.0. The predicted molar refractivity (Wildman–Crippen MR) is 119 cm³/mol. The van der Waals surface area contributed by atoms with E-state index >= 15 is 0 Å². The third kappa shape index (κ3) is 5.94. The number of halogens is 1. The number of aryl methyl sites for hydroxylation is 1. The molecule has 1 saturated carbocycles. The third-order valence-corrected chi connectivity index (χ3v) is 5.58. The minimum absolute atomic E-state index is 0.0690. The summed E-state index contributed by atoms with van der Waals surface area (Å²) in [5, 5.41) is 6.60. The highest BCUT2D eigenvalue weighted by Crippen LogP contribution is 2.21. The zero-order valence-corrected chi connectivity index (χ0v) is 18.5. The lowest BCUT2D eigenvalue weighted by Crippen LogP contribution is -2.25. The first-order valence-electron chi connectivity index (χ1n) is 10.8. The van der Waals surface area contributed by atoms with Crippen LogP contribution in [0, 0.1) is 18.7 Å². The number of rotatable bonds is 5. The SMILES string of the molecule is CC(=O)c1cc(C(=O)NCc2ccc(F)c(C)c2)nc2ncnn12.NCC1CCCCC1. The summed E-state index contributed by atoms with van der Waals surface area (Å²) in [6.45, 7) is 4.16. The van der Waals surface area contributed by atoms with Gasteiger partial charge >= 0.3 is 0 Å². The van der Waals surface area contributed by atoms with Crippen LogP contribution in [0.3, 0.4) is 0 Å². The maximum absolute atomic E-state index is 13.3. The van der Waals surface area contributed by atoms with Gasteiger partial charge in [0.2, 0.25) is 0 Å². The molecular formula is C23H29FN6O2. The fraction of sp³-hybridized carbons (Fsp3) is 0.435. The Kier molecular flexibility index (Phi) is 7.99. The maximum Gasteiger partial charge on any atom is 0.270 e. The second-order valence-electron chi connectivity index (χ2n) is 8.06. The Hall–Kier alpha value is -3.20. The summed E-state index contributed by atoms with van der Waals surface area (Å²) in [6, 6.07) is 5.98. The second-order valence-corrected chi connectivity index (χ2v) is 8.06. The van der Waals surface area contributed by atoms with Crippen LogP contribution in [0.1, 0.15) is 71.1 Å². The van der Waals surface area contributed by atoms with E-state index in [1.54, 1.807) is 19.1 Å². The average molecular weight is 441 g/mol. The molecule has 8 nitrogen and oxygen atoms in total. The fourth-order valence-corrected chi connectivity index (χ4v) is 3.69. The molecule has 0 unspecified atom stereocenters. The molecule has 1 amide bonds. The molecule has 0 radical (unpaired) electrons. The van der Waals surface area contributed by atoms with Crippen molar-refractivity contribution in [3.8, 4) is 0 Å². The number of benzene rings is 1. The highest BCUT2D eigenvalue weighted by atomic mass is 19.1. The molecule has 1 aromatic carbocycles. The first kappa shape index (κ1) is 23.5. The summed E-state index contributed by atoms with van der Waals surface area (Å²) in [7, 11) is 0. The molecule has 0 aliphatic heterocycles. The number of carbonyl (C=O) groups excluding carboxylic acids is 2. The van der Waals surface area contributed by atoms with Crippen LogP contribution in [0.2, 0.25) is 0 Å². The number of nitrogens with two attached hydrogens (primary N) is 1. The van der Waals surface area contributed by atoms with Gasteiger partial charge in [0.15, 0.2) is 5.78 Å². The van der Waals surface area contributed by atoms with E-state index in [4.69, 9.17) is 5.73 Å². The van der Waals surface area contributed by atoms with Gasteiger partial charge in [0.25, 0.3) is 11.7 Å². The highest BCUT2D eigenvalue weighted by molar-refractivity contribution is 5.98. The minimum Gasteiger partial charge on any atom is -0.347 e. The number of ketones is 1. The lowest BCUT2D eigenvalue weighted by molar-refractivity contribution is 0.0946. The molecule has 3 aromatic rings. The van der Waals surface area contributed by atoms with Crippen LogP contribution in [0.5, 0.6) is 0 Å². The highest BCUT2D eigenvalue weighted by Gasteiger charge is 2.16. The molecule has 170 valence electrons. The van der Waals surface area contributed by atoms with E-state index in [0.29, 0.717) is 5.56 Å². The quantitative estimate of drug-likeness (QED) is 0.589. The van der Waals surface area contributed by atoms with Gasteiger partial charge in [-0.3, -0.25) is 9.59 Å². The number of hydrogen-bond donors (Lipinski definition) is 2. The van der Waals surface area contributed by atoms with E-state index in [0.717, 1.165) is 18.0 Å². The molecule has 32 heavy (non-hydrogen) atoms. The molecule has 0 bridgehead atoms. The molecule has 0 saturated heterocycles. The molecule has 3 N–H and O–H groups in total. The summed E-state index contributed by atoms with van der Waals surface area (Å²) in [6.07, 6.45) is 8.31. The van der Waals surface area contributed by atoms with Gasteiger partial charge in [-0.25, -0.2) is 9.37 Å². The van der Waals surface area contributed by atoms with Crippen LogP contribution in [0.4, 0.5) is 4.39 Å². The molecule has 2 heterocycles. The Morgan fingerprint density at radius 3 is 2.59 bits per heavy atom. The topological polar surface area (TPSA) is 115 Å². The monoisotopic (exact) mass is 440 g/mol. The van der Waals surface area contributed by atoms with Gasteiger partial charge in [0.1, 0.15) is 23.5 Å². The number of Topliss-reactive ketones (excluding diaryl/α,β-unsaturated/α-hetero) is 1.